The third-order valence-corrected chi connectivity index (χ3v) is 2.87. The summed E-state index contributed by atoms with van der Waals surface area (Å²) >= 11 is 0. The summed E-state index contributed by atoms with van der Waals surface area (Å²) in [6.45, 7) is 0.787. The number of nitrogen functional groups attached to an aromatic ring is 1. The molecular formula is C12H12ClFN4. The van der Waals surface area contributed by atoms with Gasteiger partial charge in [-0.2, -0.15) is 4.98 Å². The number of aromatic nitrogens is 2. The first-order valence-electron chi connectivity index (χ1n) is 5.38. The van der Waals surface area contributed by atoms with E-state index in [0.29, 0.717) is 0 Å². The predicted octanol–water partition coefficient (Wildman–Crippen LogP) is 2.31. The number of rotatable bonds is 1. The molecule has 4 nitrogen and oxygen atoms in total. The molecule has 0 fully saturated rings. The fourth-order valence-electron chi connectivity index (χ4n) is 2.12. The van der Waals surface area contributed by atoms with Gasteiger partial charge in [-0.25, -0.2) is 9.37 Å². The van der Waals surface area contributed by atoms with Gasteiger partial charge in [0.2, 0.25) is 5.95 Å². The Kier molecular flexibility index (Phi) is 3.34. The van der Waals surface area contributed by atoms with Gasteiger partial charge in [0.25, 0.3) is 0 Å². The van der Waals surface area contributed by atoms with Crippen molar-refractivity contribution in [2.45, 2.75) is 6.42 Å². The first-order valence-corrected chi connectivity index (χ1v) is 5.38. The van der Waals surface area contributed by atoms with Crippen LogP contribution in [0.25, 0.3) is 0 Å². The van der Waals surface area contributed by atoms with Gasteiger partial charge >= 0.3 is 0 Å². The Bertz CT molecular complexity index is 576. The Morgan fingerprint density at radius 1 is 1.28 bits per heavy atom. The molecule has 2 aromatic rings. The number of hydrogen-bond acceptors (Lipinski definition) is 4. The molecule has 18 heavy (non-hydrogen) atoms. The van der Waals surface area contributed by atoms with E-state index in [0.717, 1.165) is 30.0 Å². The Morgan fingerprint density at radius 2 is 2.11 bits per heavy atom. The second kappa shape index (κ2) is 4.78. The lowest BCUT2D eigenvalue weighted by molar-refractivity contribution is 0.626. The van der Waals surface area contributed by atoms with Crippen LogP contribution in [-0.4, -0.2) is 16.5 Å². The van der Waals surface area contributed by atoms with Crippen molar-refractivity contribution in [3.05, 3.63) is 41.8 Å². The van der Waals surface area contributed by atoms with Crippen LogP contribution in [-0.2, 0) is 6.42 Å². The SMILES string of the molecule is Cl.Nc1nccc(N2CCc3cc(F)ccc32)n1. The van der Waals surface area contributed by atoms with Crippen LogP contribution >= 0.6 is 12.4 Å². The van der Waals surface area contributed by atoms with Gasteiger partial charge in [0.15, 0.2) is 0 Å². The smallest absolute Gasteiger partial charge is 0.221 e. The molecule has 0 aliphatic carbocycles. The molecule has 0 radical (unpaired) electrons. The number of nitrogens with two attached hydrogens (primary N) is 1. The van der Waals surface area contributed by atoms with E-state index in [1.165, 1.54) is 6.07 Å². The molecule has 3 rings (SSSR count). The van der Waals surface area contributed by atoms with Crippen LogP contribution in [0.2, 0.25) is 0 Å². The number of hydrogen-bond donors (Lipinski definition) is 1. The van der Waals surface area contributed by atoms with Crippen molar-refractivity contribution >= 4 is 29.9 Å². The fraction of sp³-hybridized carbons (Fsp3) is 0.167. The summed E-state index contributed by atoms with van der Waals surface area (Å²) in [6.07, 6.45) is 2.44. The maximum absolute atomic E-state index is 13.1. The molecule has 1 aliphatic rings. The number of benzene rings is 1. The van der Waals surface area contributed by atoms with Crippen molar-refractivity contribution < 1.29 is 4.39 Å². The lowest BCUT2D eigenvalue weighted by atomic mass is 10.2. The molecule has 2 N–H and O–H groups in total. The van der Waals surface area contributed by atoms with Crippen molar-refractivity contribution in [1.29, 1.82) is 0 Å². The van der Waals surface area contributed by atoms with Crippen molar-refractivity contribution in [3.8, 4) is 0 Å². The lowest BCUT2D eigenvalue weighted by Crippen LogP contribution is -2.15. The highest BCUT2D eigenvalue weighted by Gasteiger charge is 2.21. The molecule has 0 atom stereocenters. The van der Waals surface area contributed by atoms with Crippen molar-refractivity contribution in [1.82, 2.24) is 9.97 Å². The van der Waals surface area contributed by atoms with E-state index in [-0.39, 0.29) is 24.2 Å². The molecule has 1 aromatic heterocycles. The highest BCUT2D eigenvalue weighted by atomic mass is 35.5. The minimum absolute atomic E-state index is 0. The van der Waals surface area contributed by atoms with Gasteiger partial charge in [0, 0.05) is 18.4 Å². The maximum atomic E-state index is 13.1. The van der Waals surface area contributed by atoms with E-state index in [9.17, 15) is 4.39 Å². The molecule has 1 aliphatic heterocycles. The molecule has 0 amide bonds. The predicted molar refractivity (Wildman–Crippen MR) is 70.8 cm³/mol. The zero-order valence-corrected chi connectivity index (χ0v) is 10.3. The first-order chi connectivity index (χ1) is 8.24. The highest BCUT2D eigenvalue weighted by Crippen LogP contribution is 2.33. The van der Waals surface area contributed by atoms with Gasteiger partial charge in [-0.15, -0.1) is 12.4 Å². The van der Waals surface area contributed by atoms with E-state index < -0.39 is 0 Å². The zero-order chi connectivity index (χ0) is 11.8. The molecule has 2 heterocycles. The second-order valence-corrected chi connectivity index (χ2v) is 3.95. The number of nitrogens with zero attached hydrogens (tertiary/aromatic N) is 3. The van der Waals surface area contributed by atoms with E-state index in [1.54, 1.807) is 24.4 Å². The molecule has 0 unspecified atom stereocenters. The first kappa shape index (κ1) is 12.6. The minimum atomic E-state index is -0.201. The quantitative estimate of drug-likeness (QED) is 0.861. The Morgan fingerprint density at radius 3 is 2.89 bits per heavy atom. The van der Waals surface area contributed by atoms with Crippen molar-refractivity contribution in [3.63, 3.8) is 0 Å². The fourth-order valence-corrected chi connectivity index (χ4v) is 2.12. The number of anilines is 3. The van der Waals surface area contributed by atoms with E-state index in [4.69, 9.17) is 5.73 Å². The van der Waals surface area contributed by atoms with Gasteiger partial charge in [-0.05, 0) is 36.2 Å². The topological polar surface area (TPSA) is 55.0 Å². The van der Waals surface area contributed by atoms with Crippen LogP contribution in [0.5, 0.6) is 0 Å². The summed E-state index contributed by atoms with van der Waals surface area (Å²) in [5, 5.41) is 0. The summed E-state index contributed by atoms with van der Waals surface area (Å²) in [4.78, 5) is 10.1. The highest BCUT2D eigenvalue weighted by molar-refractivity contribution is 5.85. The standard InChI is InChI=1S/C12H11FN4.ClH/c13-9-1-2-10-8(7-9)4-6-17(10)11-3-5-15-12(14)16-11;/h1-3,5,7H,4,6H2,(H2,14,15,16);1H. The largest absolute Gasteiger partial charge is 0.368 e. The zero-order valence-electron chi connectivity index (χ0n) is 9.51. The molecule has 0 saturated carbocycles. The molecule has 0 bridgehead atoms. The minimum Gasteiger partial charge on any atom is -0.368 e. The lowest BCUT2D eigenvalue weighted by Gasteiger charge is -2.18. The number of fused-ring (bicyclic) bond motifs is 1. The van der Waals surface area contributed by atoms with Crippen LogP contribution in [0.15, 0.2) is 30.5 Å². The van der Waals surface area contributed by atoms with E-state index in [1.807, 2.05) is 4.90 Å². The Labute approximate surface area is 110 Å². The molecule has 94 valence electrons. The molecule has 6 heteroatoms. The maximum Gasteiger partial charge on any atom is 0.221 e. The summed E-state index contributed by atoms with van der Waals surface area (Å²) in [7, 11) is 0. The van der Waals surface area contributed by atoms with Crippen molar-refractivity contribution in [2.24, 2.45) is 0 Å². The Balaban J connectivity index is 0.00000120. The van der Waals surface area contributed by atoms with Crippen LogP contribution in [0.3, 0.4) is 0 Å². The van der Waals surface area contributed by atoms with Gasteiger partial charge in [-0.3, -0.25) is 0 Å². The van der Waals surface area contributed by atoms with Crippen LogP contribution in [0.1, 0.15) is 5.56 Å². The molecule has 1 aromatic carbocycles. The molecule has 0 saturated heterocycles. The van der Waals surface area contributed by atoms with Crippen LogP contribution < -0.4 is 10.6 Å². The Hall–Kier alpha value is -1.88. The average molecular weight is 267 g/mol. The molecule has 0 spiro atoms. The van der Waals surface area contributed by atoms with Crippen molar-refractivity contribution in [2.75, 3.05) is 17.2 Å². The normalized spacial score (nSPS) is 13.1. The number of halogens is 2. The summed E-state index contributed by atoms with van der Waals surface area (Å²) in [5.74, 6) is 0.800. The van der Waals surface area contributed by atoms with Gasteiger partial charge < -0.3 is 10.6 Å². The van der Waals surface area contributed by atoms with E-state index >= 15 is 0 Å². The van der Waals surface area contributed by atoms with Crippen LogP contribution in [0, 0.1) is 5.82 Å². The molecular weight excluding hydrogens is 255 g/mol. The summed E-state index contributed by atoms with van der Waals surface area (Å²) < 4.78 is 13.1. The van der Waals surface area contributed by atoms with Crippen LogP contribution in [0.4, 0.5) is 21.8 Å². The second-order valence-electron chi connectivity index (χ2n) is 3.95. The van der Waals surface area contributed by atoms with Gasteiger partial charge in [-0.1, -0.05) is 0 Å². The van der Waals surface area contributed by atoms with Gasteiger partial charge in [0.1, 0.15) is 11.6 Å². The van der Waals surface area contributed by atoms with E-state index in [2.05, 4.69) is 9.97 Å². The third kappa shape index (κ3) is 2.09. The third-order valence-electron chi connectivity index (χ3n) is 2.87. The van der Waals surface area contributed by atoms with Gasteiger partial charge in [0.05, 0.1) is 0 Å². The average Bonchev–Trinajstić information content (AvgIpc) is 2.71. The monoisotopic (exact) mass is 266 g/mol. The summed E-state index contributed by atoms with van der Waals surface area (Å²) in [6, 6.07) is 6.60. The summed E-state index contributed by atoms with van der Waals surface area (Å²) in [5.41, 5.74) is 7.55.